The maximum atomic E-state index is 12.6. The number of nitrogens with one attached hydrogen (secondary N) is 1. The molecule has 1 fully saturated rings. The van der Waals surface area contributed by atoms with Crippen LogP contribution in [0.15, 0.2) is 28.4 Å². The first-order valence-electron chi connectivity index (χ1n) is 8.56. The van der Waals surface area contributed by atoms with E-state index in [2.05, 4.69) is 27.2 Å². The Morgan fingerprint density at radius 1 is 1.46 bits per heavy atom. The van der Waals surface area contributed by atoms with Crippen LogP contribution in [0.1, 0.15) is 35.1 Å². The predicted molar refractivity (Wildman–Crippen MR) is 103 cm³/mol. The Morgan fingerprint density at radius 3 is 3.12 bits per heavy atom. The van der Waals surface area contributed by atoms with Gasteiger partial charge < -0.3 is 10.2 Å². The third-order valence-corrected chi connectivity index (χ3v) is 6.25. The maximum Gasteiger partial charge on any atom is 0.274 e. The van der Waals surface area contributed by atoms with Crippen molar-refractivity contribution < 1.29 is 4.79 Å². The van der Waals surface area contributed by atoms with Gasteiger partial charge in [-0.25, -0.2) is 0 Å². The second-order valence-corrected chi connectivity index (χ2v) is 8.48. The first-order chi connectivity index (χ1) is 12.6. The van der Waals surface area contributed by atoms with Crippen molar-refractivity contribution in [2.45, 2.75) is 26.3 Å². The summed E-state index contributed by atoms with van der Waals surface area (Å²) in [5, 5.41) is 10.2. The van der Waals surface area contributed by atoms with Gasteiger partial charge in [-0.15, -0.1) is 16.4 Å². The first-order valence-corrected chi connectivity index (χ1v) is 10.3. The van der Waals surface area contributed by atoms with Crippen molar-refractivity contribution in [2.24, 2.45) is 5.92 Å². The monoisotopic (exact) mass is 389 g/mol. The molecule has 0 bridgehead atoms. The third kappa shape index (κ3) is 3.49. The summed E-state index contributed by atoms with van der Waals surface area (Å²) in [5.74, 6) is 0.286. The lowest BCUT2D eigenvalue weighted by Gasteiger charge is -2.30. The Kier molecular flexibility index (Phi) is 4.73. The van der Waals surface area contributed by atoms with Crippen molar-refractivity contribution in [3.63, 3.8) is 0 Å². The minimum atomic E-state index is -0.423. The molecule has 0 aliphatic carbocycles. The third-order valence-electron chi connectivity index (χ3n) is 4.41. The molecule has 1 atom stereocenters. The van der Waals surface area contributed by atoms with Crippen LogP contribution < -0.4 is 15.8 Å². The summed E-state index contributed by atoms with van der Waals surface area (Å²) in [7, 11) is 0. The number of rotatable bonds is 4. The molecule has 0 radical (unpaired) electrons. The highest BCUT2D eigenvalue weighted by Gasteiger charge is 2.22. The van der Waals surface area contributed by atoms with E-state index >= 15 is 0 Å². The zero-order chi connectivity index (χ0) is 18.1. The van der Waals surface area contributed by atoms with E-state index in [0.29, 0.717) is 17.4 Å². The summed E-state index contributed by atoms with van der Waals surface area (Å²) < 4.78 is 1.49. The van der Waals surface area contributed by atoms with E-state index in [-0.39, 0.29) is 11.6 Å². The van der Waals surface area contributed by atoms with Gasteiger partial charge >= 0.3 is 0 Å². The van der Waals surface area contributed by atoms with Gasteiger partial charge in [0.15, 0.2) is 0 Å². The van der Waals surface area contributed by atoms with Gasteiger partial charge in [0, 0.05) is 24.0 Å². The number of carbonyl (C=O) groups excluding carboxylic acids is 1. The van der Waals surface area contributed by atoms with Gasteiger partial charge in [0.1, 0.15) is 5.69 Å². The number of piperidine rings is 1. The highest BCUT2D eigenvalue weighted by molar-refractivity contribution is 7.20. The summed E-state index contributed by atoms with van der Waals surface area (Å²) in [5.41, 5.74) is -0.197. The van der Waals surface area contributed by atoms with Gasteiger partial charge in [0.25, 0.3) is 11.5 Å². The zero-order valence-corrected chi connectivity index (χ0v) is 16.0. The number of hydrogen-bond donors (Lipinski definition) is 1. The lowest BCUT2D eigenvalue weighted by molar-refractivity contribution is 0.0943. The molecule has 1 N–H and O–H groups in total. The molecule has 0 unspecified atom stereocenters. The van der Waals surface area contributed by atoms with Crippen LogP contribution >= 0.6 is 22.7 Å². The molecule has 1 aliphatic rings. The van der Waals surface area contributed by atoms with Gasteiger partial charge in [0.2, 0.25) is 10.1 Å². The van der Waals surface area contributed by atoms with Gasteiger partial charge in [0.05, 0.1) is 6.54 Å². The summed E-state index contributed by atoms with van der Waals surface area (Å²) in [6.45, 7) is 4.53. The minimum absolute atomic E-state index is 0.226. The van der Waals surface area contributed by atoms with Gasteiger partial charge in [-0.3, -0.25) is 9.59 Å². The van der Waals surface area contributed by atoms with Gasteiger partial charge in [-0.2, -0.15) is 9.50 Å². The van der Waals surface area contributed by atoms with E-state index in [1.54, 1.807) is 11.3 Å². The van der Waals surface area contributed by atoms with Crippen molar-refractivity contribution in [3.8, 4) is 0 Å². The molecule has 1 amide bonds. The van der Waals surface area contributed by atoms with E-state index in [0.717, 1.165) is 29.5 Å². The fourth-order valence-corrected chi connectivity index (χ4v) is 4.72. The average Bonchev–Trinajstić information content (AvgIpc) is 3.28. The molecule has 3 aromatic heterocycles. The molecule has 9 heteroatoms. The normalized spacial score (nSPS) is 17.6. The zero-order valence-electron chi connectivity index (χ0n) is 14.3. The predicted octanol–water partition coefficient (Wildman–Crippen LogP) is 2.38. The van der Waals surface area contributed by atoms with Gasteiger partial charge in [-0.05, 0) is 30.2 Å². The number of thiophene rings is 1. The molecular formula is C17H19N5O2S2. The van der Waals surface area contributed by atoms with Crippen LogP contribution in [0.4, 0.5) is 5.13 Å². The van der Waals surface area contributed by atoms with Crippen LogP contribution in [-0.2, 0) is 6.54 Å². The molecule has 0 aromatic carbocycles. The van der Waals surface area contributed by atoms with E-state index in [9.17, 15) is 9.59 Å². The smallest absolute Gasteiger partial charge is 0.274 e. The van der Waals surface area contributed by atoms with Crippen LogP contribution in [0.3, 0.4) is 0 Å². The average molecular weight is 390 g/mol. The largest absolute Gasteiger partial charge is 0.346 e. The van der Waals surface area contributed by atoms with Crippen LogP contribution in [-0.4, -0.2) is 33.6 Å². The number of fused-ring (bicyclic) bond motifs is 1. The van der Waals surface area contributed by atoms with E-state index < -0.39 is 5.56 Å². The lowest BCUT2D eigenvalue weighted by atomic mass is 10.0. The Labute approximate surface area is 158 Å². The van der Waals surface area contributed by atoms with E-state index in [4.69, 9.17) is 0 Å². The SMILES string of the molecule is C[C@@H]1CCCN(c2nn3c(C(=O)NCc4cccs4)cc(=O)nc3s2)C1. The Hall–Kier alpha value is -2.26. The fourth-order valence-electron chi connectivity index (χ4n) is 3.13. The molecule has 7 nitrogen and oxygen atoms in total. The summed E-state index contributed by atoms with van der Waals surface area (Å²) in [6.07, 6.45) is 2.34. The van der Waals surface area contributed by atoms with E-state index in [1.807, 2.05) is 17.5 Å². The van der Waals surface area contributed by atoms with Crippen LogP contribution in [0.2, 0.25) is 0 Å². The van der Waals surface area contributed by atoms with Gasteiger partial charge in [-0.1, -0.05) is 24.3 Å². The van der Waals surface area contributed by atoms with Crippen LogP contribution in [0, 0.1) is 5.92 Å². The molecule has 1 saturated heterocycles. The summed E-state index contributed by atoms with van der Waals surface area (Å²) in [4.78, 5) is 32.3. The number of aromatic nitrogens is 3. The highest BCUT2D eigenvalue weighted by Crippen LogP contribution is 2.27. The number of nitrogens with zero attached hydrogens (tertiary/aromatic N) is 4. The molecule has 4 heterocycles. The topological polar surface area (TPSA) is 79.6 Å². The number of hydrogen-bond acceptors (Lipinski definition) is 7. The molecule has 0 spiro atoms. The van der Waals surface area contributed by atoms with Crippen LogP contribution in [0.25, 0.3) is 4.96 Å². The summed E-state index contributed by atoms with van der Waals surface area (Å²) in [6, 6.07) is 5.14. The Bertz CT molecular complexity index is 979. The van der Waals surface area contributed by atoms with E-state index in [1.165, 1.54) is 28.3 Å². The molecule has 4 rings (SSSR count). The van der Waals surface area contributed by atoms with Crippen LogP contribution in [0.5, 0.6) is 0 Å². The Balaban J connectivity index is 1.63. The maximum absolute atomic E-state index is 12.6. The number of amides is 1. The molecule has 26 heavy (non-hydrogen) atoms. The minimum Gasteiger partial charge on any atom is -0.346 e. The Morgan fingerprint density at radius 2 is 2.35 bits per heavy atom. The fraction of sp³-hybridized carbons (Fsp3) is 0.412. The van der Waals surface area contributed by atoms with Crippen molar-refractivity contribution >= 4 is 38.7 Å². The van der Waals surface area contributed by atoms with Crippen molar-refractivity contribution in [2.75, 3.05) is 18.0 Å². The molecule has 1 aliphatic heterocycles. The lowest BCUT2D eigenvalue weighted by Crippen LogP contribution is -2.34. The number of carbonyl (C=O) groups is 1. The molecule has 0 saturated carbocycles. The second-order valence-electron chi connectivity index (χ2n) is 6.51. The first kappa shape index (κ1) is 17.2. The molecular weight excluding hydrogens is 370 g/mol. The van der Waals surface area contributed by atoms with Crippen molar-refractivity contribution in [1.29, 1.82) is 0 Å². The highest BCUT2D eigenvalue weighted by atomic mass is 32.1. The molecule has 3 aromatic rings. The molecule has 136 valence electrons. The quantitative estimate of drug-likeness (QED) is 0.741. The second kappa shape index (κ2) is 7.16. The standard InChI is InChI=1S/C17H19N5O2S2/c1-11-4-2-6-21(10-11)17-20-22-13(8-14(23)19-16(22)26-17)15(24)18-9-12-5-3-7-25-12/h3,5,7-8,11H,2,4,6,9-10H2,1H3,(H,18,24)/t11-/m1/s1. The number of anilines is 1. The van der Waals surface area contributed by atoms with Crippen molar-refractivity contribution in [3.05, 3.63) is 44.5 Å². The summed E-state index contributed by atoms with van der Waals surface area (Å²) >= 11 is 2.93. The van der Waals surface area contributed by atoms with Crippen molar-refractivity contribution in [1.82, 2.24) is 19.9 Å².